The Morgan fingerprint density at radius 3 is 2.71 bits per heavy atom. The molecular weight excluding hydrogens is 320 g/mol. The fraction of sp³-hybridized carbons (Fsp3) is 0.579. The van der Waals surface area contributed by atoms with Crippen LogP contribution < -0.4 is 5.32 Å². The summed E-state index contributed by atoms with van der Waals surface area (Å²) in [6.07, 6.45) is 9.40. The van der Waals surface area contributed by atoms with Crippen LogP contribution in [0.25, 0.3) is 6.08 Å². The molecule has 1 aliphatic carbocycles. The van der Waals surface area contributed by atoms with Crippen molar-refractivity contribution in [3.05, 3.63) is 28.0 Å². The summed E-state index contributed by atoms with van der Waals surface area (Å²) in [4.78, 5) is 28.2. The first kappa shape index (κ1) is 17.2. The zero-order valence-corrected chi connectivity index (χ0v) is 15.1. The van der Waals surface area contributed by atoms with Crippen molar-refractivity contribution >= 4 is 29.2 Å². The Balaban J connectivity index is 1.63. The SMILES string of the molecule is C/C(=C\c1cccs1)C(=O)N1CCC[C@@H]1C(=O)NC1CCCCC1. The van der Waals surface area contributed by atoms with Crippen molar-refractivity contribution in [2.45, 2.75) is 64.0 Å². The third-order valence-electron chi connectivity index (χ3n) is 5.01. The van der Waals surface area contributed by atoms with Crippen LogP contribution in [0.5, 0.6) is 0 Å². The Bertz CT molecular complexity index is 603. The number of nitrogens with one attached hydrogen (secondary N) is 1. The van der Waals surface area contributed by atoms with Crippen LogP contribution in [-0.4, -0.2) is 35.3 Å². The second kappa shape index (κ2) is 7.97. The van der Waals surface area contributed by atoms with Gasteiger partial charge in [0.05, 0.1) is 0 Å². The summed E-state index contributed by atoms with van der Waals surface area (Å²) in [5.41, 5.74) is 0.704. The minimum absolute atomic E-state index is 0.00954. The molecular formula is C19H26N2O2S. The van der Waals surface area contributed by atoms with Gasteiger partial charge in [0.1, 0.15) is 6.04 Å². The maximum atomic E-state index is 12.8. The Labute approximate surface area is 147 Å². The summed E-state index contributed by atoms with van der Waals surface area (Å²) >= 11 is 1.62. The van der Waals surface area contributed by atoms with Crippen LogP contribution in [-0.2, 0) is 9.59 Å². The lowest BCUT2D eigenvalue weighted by molar-refractivity contribution is -0.136. The molecule has 1 aromatic heterocycles. The minimum Gasteiger partial charge on any atom is -0.352 e. The standard InChI is InChI=1S/C19H26N2O2S/c1-14(13-16-9-6-12-24-16)19(23)21-11-5-10-17(21)18(22)20-15-7-3-2-4-8-15/h6,9,12-13,15,17H,2-5,7-8,10-11H2,1H3,(H,20,22)/b14-13+/t17-/m1/s1. The van der Waals surface area contributed by atoms with Gasteiger partial charge in [0, 0.05) is 23.0 Å². The first-order chi connectivity index (χ1) is 11.6. The monoisotopic (exact) mass is 346 g/mol. The number of hydrogen-bond donors (Lipinski definition) is 1. The van der Waals surface area contributed by atoms with Crippen LogP contribution in [0.1, 0.15) is 56.7 Å². The highest BCUT2D eigenvalue weighted by Crippen LogP contribution is 2.23. The highest BCUT2D eigenvalue weighted by molar-refractivity contribution is 7.10. The van der Waals surface area contributed by atoms with Gasteiger partial charge < -0.3 is 10.2 Å². The van der Waals surface area contributed by atoms with Crippen LogP contribution >= 0.6 is 11.3 Å². The lowest BCUT2D eigenvalue weighted by atomic mass is 9.95. The van der Waals surface area contributed by atoms with E-state index in [-0.39, 0.29) is 17.9 Å². The highest BCUT2D eigenvalue weighted by Gasteiger charge is 2.35. The molecule has 1 saturated carbocycles. The number of hydrogen-bond acceptors (Lipinski definition) is 3. The predicted octanol–water partition coefficient (Wildman–Crippen LogP) is 3.59. The number of rotatable bonds is 4. The lowest BCUT2D eigenvalue weighted by Crippen LogP contribution is -2.49. The van der Waals surface area contributed by atoms with Crippen molar-refractivity contribution in [1.29, 1.82) is 0 Å². The Hall–Kier alpha value is -1.62. The number of nitrogens with zero attached hydrogens (tertiary/aromatic N) is 1. The fourth-order valence-corrected chi connectivity index (χ4v) is 4.42. The van der Waals surface area contributed by atoms with Crippen LogP contribution in [0.4, 0.5) is 0 Å². The van der Waals surface area contributed by atoms with Crippen LogP contribution in [0.15, 0.2) is 23.1 Å². The van der Waals surface area contributed by atoms with Gasteiger partial charge in [-0.25, -0.2) is 0 Å². The molecule has 0 bridgehead atoms. The summed E-state index contributed by atoms with van der Waals surface area (Å²) in [7, 11) is 0. The Kier molecular flexibility index (Phi) is 5.72. The van der Waals surface area contributed by atoms with E-state index in [2.05, 4.69) is 5.32 Å². The Morgan fingerprint density at radius 2 is 2.00 bits per heavy atom. The topological polar surface area (TPSA) is 49.4 Å². The molecule has 0 spiro atoms. The van der Waals surface area contributed by atoms with E-state index in [1.807, 2.05) is 30.5 Å². The van der Waals surface area contributed by atoms with Gasteiger partial charge in [-0.05, 0) is 50.1 Å². The molecule has 1 saturated heterocycles. The van der Waals surface area contributed by atoms with E-state index < -0.39 is 0 Å². The van der Waals surface area contributed by atoms with Crippen molar-refractivity contribution in [3.63, 3.8) is 0 Å². The van der Waals surface area contributed by atoms with E-state index in [1.165, 1.54) is 19.3 Å². The van der Waals surface area contributed by atoms with Gasteiger partial charge >= 0.3 is 0 Å². The molecule has 0 unspecified atom stereocenters. The number of carbonyl (C=O) groups excluding carboxylic acids is 2. The van der Waals surface area contributed by atoms with Gasteiger partial charge in [-0.3, -0.25) is 9.59 Å². The van der Waals surface area contributed by atoms with Gasteiger partial charge in [-0.15, -0.1) is 11.3 Å². The van der Waals surface area contributed by atoms with E-state index in [9.17, 15) is 9.59 Å². The highest BCUT2D eigenvalue weighted by atomic mass is 32.1. The molecule has 5 heteroatoms. The molecule has 1 atom stereocenters. The van der Waals surface area contributed by atoms with E-state index in [1.54, 1.807) is 16.2 Å². The molecule has 3 rings (SSSR count). The van der Waals surface area contributed by atoms with Crippen molar-refractivity contribution in [3.8, 4) is 0 Å². The largest absolute Gasteiger partial charge is 0.352 e. The van der Waals surface area contributed by atoms with Crippen molar-refractivity contribution in [2.24, 2.45) is 0 Å². The molecule has 0 radical (unpaired) electrons. The van der Waals surface area contributed by atoms with Crippen molar-refractivity contribution in [1.82, 2.24) is 10.2 Å². The predicted molar refractivity (Wildman–Crippen MR) is 97.7 cm³/mol. The third kappa shape index (κ3) is 4.07. The molecule has 1 aromatic rings. The smallest absolute Gasteiger partial charge is 0.250 e. The quantitative estimate of drug-likeness (QED) is 0.847. The maximum Gasteiger partial charge on any atom is 0.250 e. The number of likely N-dealkylation sites (tertiary alicyclic amines) is 1. The van der Waals surface area contributed by atoms with E-state index in [4.69, 9.17) is 0 Å². The molecule has 24 heavy (non-hydrogen) atoms. The summed E-state index contributed by atoms with van der Waals surface area (Å²) in [5.74, 6) is 0.0290. The summed E-state index contributed by atoms with van der Waals surface area (Å²) < 4.78 is 0. The number of carbonyl (C=O) groups is 2. The third-order valence-corrected chi connectivity index (χ3v) is 5.83. The molecule has 2 fully saturated rings. The summed E-state index contributed by atoms with van der Waals surface area (Å²) in [6.45, 7) is 2.52. The van der Waals surface area contributed by atoms with Gasteiger partial charge in [-0.1, -0.05) is 25.3 Å². The molecule has 130 valence electrons. The zero-order chi connectivity index (χ0) is 16.9. The molecule has 2 heterocycles. The van der Waals surface area contributed by atoms with E-state index in [0.717, 1.165) is 30.6 Å². The van der Waals surface area contributed by atoms with Gasteiger partial charge in [-0.2, -0.15) is 0 Å². The van der Waals surface area contributed by atoms with Crippen LogP contribution in [0.3, 0.4) is 0 Å². The van der Waals surface area contributed by atoms with Gasteiger partial charge in [0.15, 0.2) is 0 Å². The normalized spacial score (nSPS) is 22.6. The average molecular weight is 346 g/mol. The molecule has 2 aliphatic rings. The fourth-order valence-electron chi connectivity index (χ4n) is 3.70. The Morgan fingerprint density at radius 1 is 1.21 bits per heavy atom. The first-order valence-electron chi connectivity index (χ1n) is 8.98. The second-order valence-corrected chi connectivity index (χ2v) is 7.82. The molecule has 4 nitrogen and oxygen atoms in total. The summed E-state index contributed by atoms with van der Waals surface area (Å²) in [6, 6.07) is 3.97. The lowest BCUT2D eigenvalue weighted by Gasteiger charge is -2.28. The molecule has 1 aliphatic heterocycles. The van der Waals surface area contributed by atoms with Crippen LogP contribution in [0.2, 0.25) is 0 Å². The van der Waals surface area contributed by atoms with Crippen molar-refractivity contribution in [2.75, 3.05) is 6.54 Å². The van der Waals surface area contributed by atoms with Gasteiger partial charge in [0.25, 0.3) is 0 Å². The summed E-state index contributed by atoms with van der Waals surface area (Å²) in [5, 5.41) is 5.18. The molecule has 0 aromatic carbocycles. The second-order valence-electron chi connectivity index (χ2n) is 6.84. The minimum atomic E-state index is -0.300. The van der Waals surface area contributed by atoms with Gasteiger partial charge in [0.2, 0.25) is 11.8 Å². The maximum absolute atomic E-state index is 12.8. The van der Waals surface area contributed by atoms with E-state index in [0.29, 0.717) is 18.2 Å². The first-order valence-corrected chi connectivity index (χ1v) is 9.86. The van der Waals surface area contributed by atoms with Crippen molar-refractivity contribution < 1.29 is 9.59 Å². The number of amides is 2. The molecule has 2 amide bonds. The molecule has 1 N–H and O–H groups in total. The zero-order valence-electron chi connectivity index (χ0n) is 14.3. The number of thiophene rings is 1. The van der Waals surface area contributed by atoms with Crippen LogP contribution in [0, 0.1) is 0 Å². The average Bonchev–Trinajstić information content (AvgIpc) is 3.26. The van der Waals surface area contributed by atoms with E-state index >= 15 is 0 Å².